The molecule has 1 N–H and O–H groups in total. The molecule has 0 saturated carbocycles. The Morgan fingerprint density at radius 1 is 1.37 bits per heavy atom. The molecule has 1 atom stereocenters. The molecule has 7 heteroatoms. The van der Waals surface area contributed by atoms with Gasteiger partial charge in [-0.2, -0.15) is 4.31 Å². The first-order valence-electron chi connectivity index (χ1n) is 6.05. The molecule has 1 fully saturated rings. The predicted octanol–water partition coefficient (Wildman–Crippen LogP) is 1.19. The molecular weight excluding hydrogens is 274 g/mol. The molecule has 0 unspecified atom stereocenters. The van der Waals surface area contributed by atoms with Gasteiger partial charge in [0.05, 0.1) is 4.90 Å². The Labute approximate surface area is 111 Å². The average Bonchev–Trinajstić information content (AvgIpc) is 2.82. The van der Waals surface area contributed by atoms with Crippen LogP contribution in [0, 0.1) is 17.6 Å². The number of sulfonamides is 1. The van der Waals surface area contributed by atoms with Gasteiger partial charge >= 0.3 is 0 Å². The lowest BCUT2D eigenvalue weighted by Crippen LogP contribution is -2.30. The summed E-state index contributed by atoms with van der Waals surface area (Å²) in [5, 5.41) is 3.01. The Hall–Kier alpha value is -1.05. The number of hydrogen-bond acceptors (Lipinski definition) is 3. The molecule has 1 aromatic carbocycles. The van der Waals surface area contributed by atoms with Crippen LogP contribution in [-0.4, -0.2) is 39.4 Å². The van der Waals surface area contributed by atoms with Crippen molar-refractivity contribution in [2.45, 2.75) is 11.3 Å². The van der Waals surface area contributed by atoms with Crippen molar-refractivity contribution in [3.63, 3.8) is 0 Å². The number of rotatable bonds is 4. The maximum Gasteiger partial charge on any atom is 0.243 e. The van der Waals surface area contributed by atoms with Crippen molar-refractivity contribution in [2.75, 3.05) is 26.7 Å². The number of nitrogens with zero attached hydrogens (tertiary/aromatic N) is 1. The third-order valence-electron chi connectivity index (χ3n) is 3.27. The fraction of sp³-hybridized carbons (Fsp3) is 0.500. The Balaban J connectivity index is 2.21. The quantitative estimate of drug-likeness (QED) is 0.906. The molecule has 1 saturated heterocycles. The zero-order valence-corrected chi connectivity index (χ0v) is 11.4. The van der Waals surface area contributed by atoms with Crippen molar-refractivity contribution in [1.82, 2.24) is 9.62 Å². The maximum atomic E-state index is 13.1. The normalized spacial score (nSPS) is 20.9. The first-order chi connectivity index (χ1) is 8.95. The molecule has 0 radical (unpaired) electrons. The molecule has 0 amide bonds. The van der Waals surface area contributed by atoms with Gasteiger partial charge in [-0.25, -0.2) is 17.2 Å². The third kappa shape index (κ3) is 2.93. The van der Waals surface area contributed by atoms with E-state index in [-0.39, 0.29) is 10.8 Å². The standard InChI is InChI=1S/C12H16F2N2O2S/c1-15-7-9-4-5-16(8-9)19(17,18)10-2-3-11(13)12(14)6-10/h2-3,6,9,15H,4-5,7-8H2,1H3/t9-/m0/s1. The highest BCUT2D eigenvalue weighted by atomic mass is 32.2. The van der Waals surface area contributed by atoms with Gasteiger partial charge in [-0.3, -0.25) is 0 Å². The maximum absolute atomic E-state index is 13.1. The minimum Gasteiger partial charge on any atom is -0.319 e. The molecule has 1 aliphatic heterocycles. The molecule has 0 aromatic heterocycles. The highest BCUT2D eigenvalue weighted by molar-refractivity contribution is 7.89. The lowest BCUT2D eigenvalue weighted by atomic mass is 10.1. The first kappa shape index (κ1) is 14.4. The van der Waals surface area contributed by atoms with Crippen LogP contribution in [0.2, 0.25) is 0 Å². The second-order valence-electron chi connectivity index (χ2n) is 4.65. The van der Waals surface area contributed by atoms with E-state index in [0.29, 0.717) is 13.1 Å². The SMILES string of the molecule is CNC[C@@H]1CCN(S(=O)(=O)c2ccc(F)c(F)c2)C1. The van der Waals surface area contributed by atoms with Crippen LogP contribution in [0.1, 0.15) is 6.42 Å². The average molecular weight is 290 g/mol. The lowest BCUT2D eigenvalue weighted by molar-refractivity contribution is 0.449. The minimum atomic E-state index is -3.73. The Bertz CT molecular complexity index is 563. The second-order valence-corrected chi connectivity index (χ2v) is 6.59. The Morgan fingerprint density at radius 3 is 2.74 bits per heavy atom. The molecule has 4 nitrogen and oxygen atoms in total. The van der Waals surface area contributed by atoms with Crippen LogP contribution in [-0.2, 0) is 10.0 Å². The fourth-order valence-corrected chi connectivity index (χ4v) is 3.80. The van der Waals surface area contributed by atoms with E-state index in [9.17, 15) is 17.2 Å². The summed E-state index contributed by atoms with van der Waals surface area (Å²) < 4.78 is 51.8. The molecular formula is C12H16F2N2O2S. The van der Waals surface area contributed by atoms with Crippen molar-refractivity contribution < 1.29 is 17.2 Å². The van der Waals surface area contributed by atoms with Crippen LogP contribution >= 0.6 is 0 Å². The van der Waals surface area contributed by atoms with Crippen molar-refractivity contribution in [3.05, 3.63) is 29.8 Å². The number of nitrogens with one attached hydrogen (secondary N) is 1. The Kier molecular flexibility index (Phi) is 4.17. The number of benzene rings is 1. The van der Waals surface area contributed by atoms with Crippen molar-refractivity contribution in [2.24, 2.45) is 5.92 Å². The Morgan fingerprint density at radius 2 is 2.11 bits per heavy atom. The fourth-order valence-electron chi connectivity index (χ4n) is 2.26. The van der Waals surface area contributed by atoms with Crippen LogP contribution in [0.3, 0.4) is 0 Å². The molecule has 2 rings (SSSR count). The number of hydrogen-bond donors (Lipinski definition) is 1. The van der Waals surface area contributed by atoms with E-state index in [0.717, 1.165) is 31.2 Å². The summed E-state index contributed by atoms with van der Waals surface area (Å²) in [6, 6.07) is 2.67. The van der Waals surface area contributed by atoms with Crippen LogP contribution in [0.4, 0.5) is 8.78 Å². The summed E-state index contributed by atoms with van der Waals surface area (Å²) in [6.45, 7) is 1.56. The van der Waals surface area contributed by atoms with Crippen LogP contribution in [0.25, 0.3) is 0 Å². The van der Waals surface area contributed by atoms with Gasteiger partial charge in [0.1, 0.15) is 0 Å². The van der Waals surface area contributed by atoms with Gasteiger partial charge in [-0.05, 0) is 44.1 Å². The van der Waals surface area contributed by atoms with E-state index < -0.39 is 21.7 Å². The second kappa shape index (κ2) is 5.52. The molecule has 106 valence electrons. The molecule has 0 aliphatic carbocycles. The largest absolute Gasteiger partial charge is 0.319 e. The molecule has 0 spiro atoms. The van der Waals surface area contributed by atoms with E-state index in [1.165, 1.54) is 4.31 Å². The zero-order chi connectivity index (χ0) is 14.0. The predicted molar refractivity (Wildman–Crippen MR) is 67.2 cm³/mol. The number of halogens is 2. The van der Waals surface area contributed by atoms with E-state index in [1.54, 1.807) is 0 Å². The highest BCUT2D eigenvalue weighted by Crippen LogP contribution is 2.24. The van der Waals surface area contributed by atoms with Crippen LogP contribution < -0.4 is 5.32 Å². The first-order valence-corrected chi connectivity index (χ1v) is 7.49. The van der Waals surface area contributed by atoms with Crippen LogP contribution in [0.15, 0.2) is 23.1 Å². The molecule has 0 bridgehead atoms. The van der Waals surface area contributed by atoms with E-state index in [4.69, 9.17) is 0 Å². The monoisotopic (exact) mass is 290 g/mol. The van der Waals surface area contributed by atoms with Gasteiger partial charge < -0.3 is 5.32 Å². The lowest BCUT2D eigenvalue weighted by Gasteiger charge is -2.16. The van der Waals surface area contributed by atoms with Gasteiger partial charge in [0.2, 0.25) is 10.0 Å². The smallest absolute Gasteiger partial charge is 0.243 e. The summed E-state index contributed by atoms with van der Waals surface area (Å²) in [5.41, 5.74) is 0. The topological polar surface area (TPSA) is 49.4 Å². The van der Waals surface area contributed by atoms with Gasteiger partial charge in [0, 0.05) is 13.1 Å². The van der Waals surface area contributed by atoms with Gasteiger partial charge in [-0.1, -0.05) is 0 Å². The zero-order valence-electron chi connectivity index (χ0n) is 10.6. The summed E-state index contributed by atoms with van der Waals surface area (Å²) in [7, 11) is -1.92. The summed E-state index contributed by atoms with van der Waals surface area (Å²) in [6.07, 6.45) is 0.768. The van der Waals surface area contributed by atoms with Gasteiger partial charge in [0.25, 0.3) is 0 Å². The molecule has 1 heterocycles. The third-order valence-corrected chi connectivity index (χ3v) is 5.13. The van der Waals surface area contributed by atoms with Crippen molar-refractivity contribution >= 4 is 10.0 Å². The van der Waals surface area contributed by atoms with E-state index >= 15 is 0 Å². The van der Waals surface area contributed by atoms with Gasteiger partial charge in [0.15, 0.2) is 11.6 Å². The van der Waals surface area contributed by atoms with Gasteiger partial charge in [-0.15, -0.1) is 0 Å². The van der Waals surface area contributed by atoms with Crippen molar-refractivity contribution in [1.29, 1.82) is 0 Å². The van der Waals surface area contributed by atoms with E-state index in [1.807, 2.05) is 7.05 Å². The molecule has 19 heavy (non-hydrogen) atoms. The minimum absolute atomic E-state index is 0.198. The highest BCUT2D eigenvalue weighted by Gasteiger charge is 2.32. The molecule has 1 aromatic rings. The molecule has 1 aliphatic rings. The van der Waals surface area contributed by atoms with Crippen molar-refractivity contribution in [3.8, 4) is 0 Å². The van der Waals surface area contributed by atoms with E-state index in [2.05, 4.69) is 5.32 Å². The van der Waals surface area contributed by atoms with Crippen LogP contribution in [0.5, 0.6) is 0 Å². The summed E-state index contributed by atoms with van der Waals surface area (Å²) >= 11 is 0. The summed E-state index contributed by atoms with van der Waals surface area (Å²) in [4.78, 5) is -0.198. The summed E-state index contributed by atoms with van der Waals surface area (Å²) in [5.74, 6) is -1.94.